The Balaban J connectivity index is 2.70. The van der Waals surface area contributed by atoms with Crippen LogP contribution in [0.15, 0.2) is 18.2 Å². The first-order chi connectivity index (χ1) is 8.99. The van der Waals surface area contributed by atoms with Crippen molar-refractivity contribution in [3.05, 3.63) is 23.8 Å². The van der Waals surface area contributed by atoms with E-state index in [1.165, 1.54) is 0 Å². The van der Waals surface area contributed by atoms with Gasteiger partial charge in [0.2, 0.25) is 5.91 Å². The normalized spacial score (nSPS) is 9.84. The number of hydrogen-bond donors (Lipinski definition) is 3. The maximum absolute atomic E-state index is 11.6. The lowest BCUT2D eigenvalue weighted by molar-refractivity contribution is -0.127. The summed E-state index contributed by atoms with van der Waals surface area (Å²) in [6, 6.07) is 4.93. The molecule has 1 aromatic rings. The molecule has 0 aromatic heterocycles. The van der Waals surface area contributed by atoms with Gasteiger partial charge in [0.05, 0.1) is 17.9 Å². The molecule has 104 valence electrons. The van der Waals surface area contributed by atoms with Crippen molar-refractivity contribution in [2.45, 2.75) is 6.92 Å². The van der Waals surface area contributed by atoms with Crippen molar-refractivity contribution in [2.24, 2.45) is 0 Å². The highest BCUT2D eigenvalue weighted by molar-refractivity contribution is 5.96. The number of anilines is 2. The number of nitrogen functional groups attached to an aromatic ring is 1. The second-order valence-electron chi connectivity index (χ2n) is 4.14. The van der Waals surface area contributed by atoms with Crippen LogP contribution in [0.4, 0.5) is 11.4 Å². The average Bonchev–Trinajstić information content (AvgIpc) is 2.43. The number of benzene rings is 1. The molecule has 0 aliphatic heterocycles. The van der Waals surface area contributed by atoms with Gasteiger partial charge in [0.1, 0.15) is 0 Å². The summed E-state index contributed by atoms with van der Waals surface area (Å²) >= 11 is 0. The summed E-state index contributed by atoms with van der Waals surface area (Å²) in [7, 11) is 3.30. The van der Waals surface area contributed by atoms with Gasteiger partial charge in [-0.05, 0) is 25.1 Å². The van der Waals surface area contributed by atoms with E-state index in [1.807, 2.05) is 6.92 Å². The minimum atomic E-state index is -0.194. The van der Waals surface area contributed by atoms with Gasteiger partial charge in [-0.1, -0.05) is 0 Å². The quantitative estimate of drug-likeness (QED) is 0.677. The van der Waals surface area contributed by atoms with Crippen LogP contribution in [0.3, 0.4) is 0 Å². The van der Waals surface area contributed by atoms with Gasteiger partial charge in [-0.25, -0.2) is 0 Å². The van der Waals surface area contributed by atoms with E-state index >= 15 is 0 Å². The lowest BCUT2D eigenvalue weighted by Gasteiger charge is -2.16. The SMILES string of the molecule is CCN(C)C(=O)CNc1ccc(C(=O)NC)cc1N. The monoisotopic (exact) mass is 264 g/mol. The largest absolute Gasteiger partial charge is 0.397 e. The van der Waals surface area contributed by atoms with Crippen LogP contribution < -0.4 is 16.4 Å². The highest BCUT2D eigenvalue weighted by Gasteiger charge is 2.09. The van der Waals surface area contributed by atoms with Crippen LogP contribution >= 0.6 is 0 Å². The Morgan fingerprint density at radius 3 is 2.58 bits per heavy atom. The van der Waals surface area contributed by atoms with E-state index in [2.05, 4.69) is 10.6 Å². The second kappa shape index (κ2) is 6.63. The van der Waals surface area contributed by atoms with Crippen molar-refractivity contribution in [2.75, 3.05) is 38.2 Å². The summed E-state index contributed by atoms with van der Waals surface area (Å²) in [5.41, 5.74) is 7.41. The van der Waals surface area contributed by atoms with Gasteiger partial charge in [0.25, 0.3) is 5.91 Å². The van der Waals surface area contributed by atoms with Crippen molar-refractivity contribution < 1.29 is 9.59 Å². The average molecular weight is 264 g/mol. The number of amides is 2. The summed E-state index contributed by atoms with van der Waals surface area (Å²) in [5, 5.41) is 5.49. The number of nitrogens with two attached hydrogens (primary N) is 1. The Bertz CT molecular complexity index is 474. The van der Waals surface area contributed by atoms with E-state index in [0.717, 1.165) is 0 Å². The van der Waals surface area contributed by atoms with Gasteiger partial charge in [-0.15, -0.1) is 0 Å². The molecule has 4 N–H and O–H groups in total. The molecule has 0 unspecified atom stereocenters. The van der Waals surface area contributed by atoms with Crippen LogP contribution in [0.2, 0.25) is 0 Å². The molecule has 0 saturated carbocycles. The van der Waals surface area contributed by atoms with E-state index in [-0.39, 0.29) is 18.4 Å². The third-order valence-electron chi connectivity index (χ3n) is 2.87. The van der Waals surface area contributed by atoms with Crippen LogP contribution in [0.1, 0.15) is 17.3 Å². The molecule has 6 nitrogen and oxygen atoms in total. The van der Waals surface area contributed by atoms with E-state index in [4.69, 9.17) is 5.73 Å². The third kappa shape index (κ3) is 3.87. The molecule has 0 spiro atoms. The van der Waals surface area contributed by atoms with Crippen molar-refractivity contribution in [3.63, 3.8) is 0 Å². The molecule has 0 aliphatic carbocycles. The van der Waals surface area contributed by atoms with Crippen molar-refractivity contribution in [1.82, 2.24) is 10.2 Å². The summed E-state index contributed by atoms with van der Waals surface area (Å²) in [5.74, 6) is -0.211. The molecule has 0 heterocycles. The Morgan fingerprint density at radius 1 is 1.37 bits per heavy atom. The standard InChI is InChI=1S/C13H20N4O2/c1-4-17(3)12(18)8-16-11-6-5-9(7-10(11)14)13(19)15-2/h5-7,16H,4,8,14H2,1-3H3,(H,15,19). The highest BCUT2D eigenvalue weighted by atomic mass is 16.2. The number of carbonyl (C=O) groups is 2. The molecule has 1 aromatic carbocycles. The molecular formula is C13H20N4O2. The first-order valence-corrected chi connectivity index (χ1v) is 6.09. The number of likely N-dealkylation sites (N-methyl/N-ethyl adjacent to an activating group) is 1. The molecule has 0 bridgehead atoms. The second-order valence-corrected chi connectivity index (χ2v) is 4.14. The van der Waals surface area contributed by atoms with E-state index < -0.39 is 0 Å². The molecule has 0 radical (unpaired) electrons. The third-order valence-corrected chi connectivity index (χ3v) is 2.87. The fourth-order valence-corrected chi connectivity index (χ4v) is 1.49. The van der Waals surface area contributed by atoms with Crippen LogP contribution in [0, 0.1) is 0 Å². The predicted molar refractivity (Wildman–Crippen MR) is 76.0 cm³/mol. The van der Waals surface area contributed by atoms with Gasteiger partial charge in [0.15, 0.2) is 0 Å². The van der Waals surface area contributed by atoms with Crippen molar-refractivity contribution in [1.29, 1.82) is 0 Å². The smallest absolute Gasteiger partial charge is 0.251 e. The van der Waals surface area contributed by atoms with Crippen molar-refractivity contribution in [3.8, 4) is 0 Å². The summed E-state index contributed by atoms with van der Waals surface area (Å²) in [4.78, 5) is 24.7. The van der Waals surface area contributed by atoms with Gasteiger partial charge in [-0.2, -0.15) is 0 Å². The Morgan fingerprint density at radius 2 is 2.05 bits per heavy atom. The van der Waals surface area contributed by atoms with Gasteiger partial charge in [-0.3, -0.25) is 9.59 Å². The fourth-order valence-electron chi connectivity index (χ4n) is 1.49. The van der Waals surface area contributed by atoms with E-state index in [0.29, 0.717) is 23.5 Å². The number of nitrogens with zero attached hydrogens (tertiary/aromatic N) is 1. The fraction of sp³-hybridized carbons (Fsp3) is 0.385. The lowest BCUT2D eigenvalue weighted by Crippen LogP contribution is -2.32. The maximum Gasteiger partial charge on any atom is 0.251 e. The minimum Gasteiger partial charge on any atom is -0.397 e. The lowest BCUT2D eigenvalue weighted by atomic mass is 10.1. The van der Waals surface area contributed by atoms with Crippen LogP contribution in [-0.4, -0.2) is 43.9 Å². The van der Waals surface area contributed by atoms with Crippen molar-refractivity contribution >= 4 is 23.2 Å². The summed E-state index contributed by atoms with van der Waals surface area (Å²) in [6.07, 6.45) is 0. The molecular weight excluding hydrogens is 244 g/mol. The minimum absolute atomic E-state index is 0.0164. The van der Waals surface area contributed by atoms with E-state index in [1.54, 1.807) is 37.2 Å². The first kappa shape index (κ1) is 14.8. The zero-order valence-electron chi connectivity index (χ0n) is 11.5. The van der Waals surface area contributed by atoms with Crippen LogP contribution in [0.5, 0.6) is 0 Å². The number of rotatable bonds is 5. The molecule has 1 rings (SSSR count). The summed E-state index contributed by atoms with van der Waals surface area (Å²) in [6.45, 7) is 2.74. The zero-order chi connectivity index (χ0) is 14.4. The number of nitrogens with one attached hydrogen (secondary N) is 2. The Hall–Kier alpha value is -2.24. The topological polar surface area (TPSA) is 87.5 Å². The Kier molecular flexibility index (Phi) is 5.17. The molecule has 0 saturated heterocycles. The number of carbonyl (C=O) groups excluding carboxylic acids is 2. The zero-order valence-corrected chi connectivity index (χ0v) is 11.5. The van der Waals surface area contributed by atoms with Crippen LogP contribution in [0.25, 0.3) is 0 Å². The Labute approximate surface area is 113 Å². The molecule has 0 fully saturated rings. The van der Waals surface area contributed by atoms with Gasteiger partial charge >= 0.3 is 0 Å². The molecule has 6 heteroatoms. The molecule has 19 heavy (non-hydrogen) atoms. The molecule has 2 amide bonds. The van der Waals surface area contributed by atoms with Gasteiger partial charge < -0.3 is 21.3 Å². The molecule has 0 atom stereocenters. The number of hydrogen-bond acceptors (Lipinski definition) is 4. The maximum atomic E-state index is 11.6. The van der Waals surface area contributed by atoms with Gasteiger partial charge in [0, 0.05) is 26.2 Å². The van der Waals surface area contributed by atoms with Crippen LogP contribution in [-0.2, 0) is 4.79 Å². The predicted octanol–water partition coefficient (Wildman–Crippen LogP) is 0.519. The highest BCUT2D eigenvalue weighted by Crippen LogP contribution is 2.19. The molecule has 0 aliphatic rings. The van der Waals surface area contributed by atoms with E-state index in [9.17, 15) is 9.59 Å². The first-order valence-electron chi connectivity index (χ1n) is 6.09. The summed E-state index contributed by atoms with van der Waals surface area (Å²) < 4.78 is 0.